The zero-order valence-electron chi connectivity index (χ0n) is 18.3. The third kappa shape index (κ3) is 4.19. The van der Waals surface area contributed by atoms with E-state index in [0.29, 0.717) is 11.7 Å². The van der Waals surface area contributed by atoms with E-state index in [9.17, 15) is 9.18 Å². The summed E-state index contributed by atoms with van der Waals surface area (Å²) in [6, 6.07) is 12.2. The van der Waals surface area contributed by atoms with Crippen molar-refractivity contribution in [1.82, 2.24) is 10.2 Å². The maximum absolute atomic E-state index is 13.1. The third-order valence-electron chi connectivity index (χ3n) is 6.92. The molecule has 0 spiro atoms. The minimum Gasteiger partial charge on any atom is -0.493 e. The van der Waals surface area contributed by atoms with Crippen molar-refractivity contribution in [2.75, 3.05) is 33.1 Å². The number of urea groups is 1. The summed E-state index contributed by atoms with van der Waals surface area (Å²) >= 11 is 0. The first-order valence-electron chi connectivity index (χ1n) is 10.7. The molecule has 0 bridgehead atoms. The lowest BCUT2D eigenvalue weighted by molar-refractivity contribution is 0.156. The molecule has 2 aromatic carbocycles. The number of benzene rings is 2. The first kappa shape index (κ1) is 21.4. The van der Waals surface area contributed by atoms with Gasteiger partial charge in [-0.2, -0.15) is 0 Å². The van der Waals surface area contributed by atoms with Crippen LogP contribution in [0.2, 0.25) is 0 Å². The van der Waals surface area contributed by atoms with Gasteiger partial charge in [-0.05, 0) is 81.2 Å². The van der Waals surface area contributed by atoms with E-state index in [1.165, 1.54) is 17.7 Å². The highest BCUT2D eigenvalue weighted by Crippen LogP contribution is 2.49. The van der Waals surface area contributed by atoms with Crippen molar-refractivity contribution in [3.63, 3.8) is 0 Å². The van der Waals surface area contributed by atoms with Gasteiger partial charge < -0.3 is 25.0 Å². The smallest absolute Gasteiger partial charge is 0.319 e. The molecule has 1 aliphatic heterocycles. The number of rotatable bonds is 5. The molecule has 6 nitrogen and oxygen atoms in total. The normalized spacial score (nSPS) is 25.5. The van der Waals surface area contributed by atoms with Gasteiger partial charge in [-0.1, -0.05) is 6.07 Å². The van der Waals surface area contributed by atoms with E-state index in [4.69, 9.17) is 9.47 Å². The summed E-state index contributed by atoms with van der Waals surface area (Å²) in [6.45, 7) is 1.02. The fourth-order valence-electron chi connectivity index (χ4n) is 5.28. The molecule has 2 amide bonds. The molecule has 1 saturated heterocycles. The van der Waals surface area contributed by atoms with Crippen LogP contribution in [-0.2, 0) is 5.41 Å². The molecule has 2 aromatic rings. The molecule has 1 heterocycles. The van der Waals surface area contributed by atoms with Crippen LogP contribution >= 0.6 is 0 Å². The van der Waals surface area contributed by atoms with Gasteiger partial charge in [0.2, 0.25) is 0 Å². The summed E-state index contributed by atoms with van der Waals surface area (Å²) in [6.07, 6.45) is 3.84. The topological polar surface area (TPSA) is 62.8 Å². The van der Waals surface area contributed by atoms with Gasteiger partial charge in [0.15, 0.2) is 11.5 Å². The van der Waals surface area contributed by atoms with Crippen LogP contribution in [0, 0.1) is 5.82 Å². The van der Waals surface area contributed by atoms with Crippen LogP contribution in [0.15, 0.2) is 42.5 Å². The van der Waals surface area contributed by atoms with Crippen molar-refractivity contribution in [1.29, 1.82) is 0 Å². The number of fused-ring (bicyclic) bond motifs is 1. The number of likely N-dealkylation sites (N-methyl/N-ethyl adjacent to an activating group) is 1. The fourth-order valence-corrected chi connectivity index (χ4v) is 5.28. The number of nitrogens with one attached hydrogen (secondary N) is 2. The van der Waals surface area contributed by atoms with Gasteiger partial charge >= 0.3 is 6.03 Å². The number of nitrogens with zero attached hydrogens (tertiary/aromatic N) is 1. The van der Waals surface area contributed by atoms with Crippen LogP contribution in [0.25, 0.3) is 0 Å². The molecule has 0 unspecified atom stereocenters. The summed E-state index contributed by atoms with van der Waals surface area (Å²) < 4.78 is 24.0. The second-order valence-corrected chi connectivity index (χ2v) is 8.55. The minimum absolute atomic E-state index is 0.0416. The Morgan fingerprint density at radius 1 is 1.10 bits per heavy atom. The largest absolute Gasteiger partial charge is 0.493 e. The van der Waals surface area contributed by atoms with Crippen molar-refractivity contribution in [3.05, 3.63) is 53.8 Å². The monoisotopic (exact) mass is 427 g/mol. The average Bonchev–Trinajstić information content (AvgIpc) is 3.12. The molecule has 4 rings (SSSR count). The summed E-state index contributed by atoms with van der Waals surface area (Å²) in [5.41, 5.74) is 1.89. The molecule has 2 N–H and O–H groups in total. The maximum Gasteiger partial charge on any atom is 0.319 e. The van der Waals surface area contributed by atoms with E-state index in [-0.39, 0.29) is 23.3 Å². The molecule has 0 aromatic heterocycles. The van der Waals surface area contributed by atoms with Gasteiger partial charge in [0, 0.05) is 23.2 Å². The fraction of sp³-hybridized carbons (Fsp3) is 0.458. The van der Waals surface area contributed by atoms with E-state index < -0.39 is 0 Å². The molecular weight excluding hydrogens is 397 g/mol. The van der Waals surface area contributed by atoms with E-state index in [1.54, 1.807) is 26.4 Å². The number of likely N-dealkylation sites (tertiary alicyclic amines) is 1. The SMILES string of the molecule is COc1ccc([C@@]23CC[C@@H](NC(=O)Nc4ccc(F)cc4)C[C@@H]2N(C)CC3)cc1OC. The first-order valence-corrected chi connectivity index (χ1v) is 10.7. The third-order valence-corrected chi connectivity index (χ3v) is 6.92. The number of amides is 2. The lowest BCUT2D eigenvalue weighted by Gasteiger charge is -2.45. The number of halogens is 1. The van der Waals surface area contributed by atoms with Crippen LogP contribution in [-0.4, -0.2) is 50.8 Å². The van der Waals surface area contributed by atoms with Gasteiger partial charge in [-0.15, -0.1) is 0 Å². The number of ether oxygens (including phenoxy) is 2. The number of hydrogen-bond donors (Lipinski definition) is 2. The van der Waals surface area contributed by atoms with Gasteiger partial charge in [-0.3, -0.25) is 0 Å². The Morgan fingerprint density at radius 2 is 1.84 bits per heavy atom. The maximum atomic E-state index is 13.1. The molecule has 1 saturated carbocycles. The van der Waals surface area contributed by atoms with Crippen molar-refractivity contribution < 1.29 is 18.7 Å². The van der Waals surface area contributed by atoms with Crippen LogP contribution in [0.5, 0.6) is 11.5 Å². The van der Waals surface area contributed by atoms with E-state index in [2.05, 4.69) is 34.7 Å². The molecular formula is C24H30FN3O3. The molecule has 31 heavy (non-hydrogen) atoms. The number of carbonyl (C=O) groups excluding carboxylic acids is 1. The lowest BCUT2D eigenvalue weighted by Crippen LogP contribution is -2.52. The molecule has 7 heteroatoms. The van der Waals surface area contributed by atoms with Gasteiger partial charge in [-0.25, -0.2) is 9.18 Å². The van der Waals surface area contributed by atoms with Crippen molar-refractivity contribution in [2.45, 2.75) is 43.2 Å². The van der Waals surface area contributed by atoms with Crippen LogP contribution in [0.4, 0.5) is 14.9 Å². The zero-order chi connectivity index (χ0) is 22.0. The molecule has 0 radical (unpaired) electrons. The summed E-state index contributed by atoms with van der Waals surface area (Å²) in [5, 5.41) is 5.90. The highest BCUT2D eigenvalue weighted by atomic mass is 19.1. The van der Waals surface area contributed by atoms with Crippen LogP contribution in [0.3, 0.4) is 0 Å². The summed E-state index contributed by atoms with van der Waals surface area (Å²) in [4.78, 5) is 14.9. The Morgan fingerprint density at radius 3 is 2.55 bits per heavy atom. The number of anilines is 1. The highest BCUT2D eigenvalue weighted by Gasteiger charge is 2.50. The summed E-state index contributed by atoms with van der Waals surface area (Å²) in [5.74, 6) is 1.16. The number of hydrogen-bond acceptors (Lipinski definition) is 4. The predicted octanol–water partition coefficient (Wildman–Crippen LogP) is 4.16. The van der Waals surface area contributed by atoms with E-state index in [1.807, 2.05) is 6.07 Å². The Balaban J connectivity index is 1.47. The Kier molecular flexibility index (Phi) is 6.05. The molecule has 166 valence electrons. The second kappa shape index (κ2) is 8.75. The predicted molar refractivity (Wildman–Crippen MR) is 118 cm³/mol. The Labute approximate surface area is 182 Å². The van der Waals surface area contributed by atoms with Crippen molar-refractivity contribution in [3.8, 4) is 11.5 Å². The molecule has 2 aliphatic rings. The highest BCUT2D eigenvalue weighted by molar-refractivity contribution is 5.89. The Bertz CT molecular complexity index is 936. The summed E-state index contributed by atoms with van der Waals surface area (Å²) in [7, 11) is 5.47. The van der Waals surface area contributed by atoms with E-state index in [0.717, 1.165) is 43.7 Å². The molecule has 2 fully saturated rings. The first-order chi connectivity index (χ1) is 14.9. The average molecular weight is 428 g/mol. The standard InChI is InChI=1S/C24H30FN3O3/c1-28-13-12-24(16-4-9-20(30-2)21(14-16)31-3)11-10-19(15-22(24)28)27-23(29)26-18-7-5-17(25)6-8-18/h4-9,14,19,22H,10-13,15H2,1-3H3,(H2,26,27,29)/t19-,22+,24+/m1/s1. The number of methoxy groups -OCH3 is 2. The lowest BCUT2D eigenvalue weighted by atomic mass is 9.65. The van der Waals surface area contributed by atoms with Gasteiger partial charge in [0.25, 0.3) is 0 Å². The van der Waals surface area contributed by atoms with Gasteiger partial charge in [0.05, 0.1) is 14.2 Å². The number of carbonyl (C=O) groups is 1. The zero-order valence-corrected chi connectivity index (χ0v) is 18.3. The van der Waals surface area contributed by atoms with Crippen LogP contribution in [0.1, 0.15) is 31.2 Å². The second-order valence-electron chi connectivity index (χ2n) is 8.55. The minimum atomic E-state index is -0.325. The van der Waals surface area contributed by atoms with Crippen LogP contribution < -0.4 is 20.1 Å². The molecule has 3 atom stereocenters. The van der Waals surface area contributed by atoms with Gasteiger partial charge in [0.1, 0.15) is 5.82 Å². The Hall–Kier alpha value is -2.80. The van der Waals surface area contributed by atoms with E-state index >= 15 is 0 Å². The molecule has 1 aliphatic carbocycles. The quantitative estimate of drug-likeness (QED) is 0.752. The van der Waals surface area contributed by atoms with Crippen molar-refractivity contribution in [2.24, 2.45) is 0 Å². The van der Waals surface area contributed by atoms with Crippen molar-refractivity contribution >= 4 is 11.7 Å².